The molecule has 2 saturated heterocycles. The summed E-state index contributed by atoms with van der Waals surface area (Å²) in [6, 6.07) is 25.0. The second kappa shape index (κ2) is 26.8. The number of piperazine rings is 2. The third-order valence-corrected chi connectivity index (χ3v) is 10.5. The Labute approximate surface area is 403 Å². The molecule has 6 heterocycles. The van der Waals surface area contributed by atoms with Gasteiger partial charge in [0.2, 0.25) is 0 Å². The first-order valence-corrected chi connectivity index (χ1v) is 21.2. The molecule has 0 bridgehead atoms. The summed E-state index contributed by atoms with van der Waals surface area (Å²) >= 11 is 0. The molecule has 0 spiro atoms. The van der Waals surface area contributed by atoms with Crippen LogP contribution in [0.15, 0.2) is 85.2 Å². The maximum Gasteiger partial charge on any atom is 1.00 e. The number of aliphatic hydroxyl groups excluding tert-OH is 1. The number of likely N-dealkylation sites (N-methyl/N-ethyl adjacent to an activating group) is 2. The smallest absolute Gasteiger partial charge is 1.00 e. The molecule has 8 rings (SSSR count). The Hall–Kier alpha value is -4.90. The van der Waals surface area contributed by atoms with Crippen molar-refractivity contribution in [3.63, 3.8) is 0 Å². The van der Waals surface area contributed by atoms with Gasteiger partial charge in [0, 0.05) is 115 Å². The van der Waals surface area contributed by atoms with Crippen LogP contribution >= 0.6 is 0 Å². The van der Waals surface area contributed by atoms with Gasteiger partial charge in [-0.25, -0.2) is 19.9 Å². The number of carbonyl (C=O) groups excluding carboxylic acids is 1. The minimum Gasteiger partial charge on any atom is -1.00 e. The fraction of sp³-hybridized carbons (Fsp3) is 0.426. The van der Waals surface area contributed by atoms with Crippen LogP contribution in [0.1, 0.15) is 38.3 Å². The van der Waals surface area contributed by atoms with Crippen LogP contribution in [0.4, 0.5) is 23.0 Å². The average molecular weight is 883 g/mol. The van der Waals surface area contributed by atoms with E-state index >= 15 is 0 Å². The number of pyridine rings is 2. The van der Waals surface area contributed by atoms with Crippen molar-refractivity contribution in [3.05, 3.63) is 108 Å². The standard InChI is InChI=1S/2C21H26N6.C3H6O2.C2H6O.Al.Li.4H/c2*1-16-23-18(14-20(24-16)27-12-10-25(2)11-13-27)15-26(3)19-8-4-6-17-7-5-9-22-21(17)19;1-3(4)5-2;1-2-3;;;;;;/h2*4-9,14H,10-13,15H2,1-3H3;1-2H3;3H,2H2,1H3;;;;;;/q;;;;;+1;;;;-1. The number of anilines is 4. The van der Waals surface area contributed by atoms with E-state index in [1.807, 2.05) is 38.4 Å². The molecule has 6 aromatic rings. The molecule has 4 aromatic heterocycles. The number of nitrogens with zero attached hydrogens (tertiary/aromatic N) is 12. The normalized spacial score (nSPS) is 13.7. The monoisotopic (exact) mass is 883 g/mol. The van der Waals surface area contributed by atoms with Gasteiger partial charge in [0.1, 0.15) is 23.3 Å². The number of ether oxygens (including phenoxy) is 1. The van der Waals surface area contributed by atoms with Crippen LogP contribution in [-0.2, 0) is 22.6 Å². The van der Waals surface area contributed by atoms with Crippen molar-refractivity contribution in [2.45, 2.75) is 40.8 Å². The molecule has 0 aliphatic carbocycles. The van der Waals surface area contributed by atoms with Crippen LogP contribution in [0.25, 0.3) is 21.8 Å². The minimum atomic E-state index is -0.245. The van der Waals surface area contributed by atoms with E-state index in [9.17, 15) is 4.79 Å². The van der Waals surface area contributed by atoms with Gasteiger partial charge in [-0.05, 0) is 59.1 Å². The number of benzene rings is 2. The Bertz CT molecular complexity index is 2190. The van der Waals surface area contributed by atoms with Crippen LogP contribution in [0.2, 0.25) is 0 Å². The Morgan fingerprint density at radius 1 is 0.672 bits per heavy atom. The molecule has 2 fully saturated rings. The fourth-order valence-corrected chi connectivity index (χ4v) is 7.23. The molecule has 0 amide bonds. The minimum absolute atomic E-state index is 0. The van der Waals surface area contributed by atoms with Crippen molar-refractivity contribution in [1.29, 1.82) is 0 Å². The van der Waals surface area contributed by atoms with Gasteiger partial charge < -0.3 is 40.7 Å². The molecular formula is C47H68AlLiN12O3. The van der Waals surface area contributed by atoms with Gasteiger partial charge in [0.15, 0.2) is 17.4 Å². The van der Waals surface area contributed by atoms with Crippen LogP contribution in [0.5, 0.6) is 0 Å². The number of aromatic nitrogens is 6. The number of fused-ring (bicyclic) bond motifs is 2. The molecule has 338 valence electrons. The molecule has 2 aliphatic heterocycles. The maximum absolute atomic E-state index is 9.59. The van der Waals surface area contributed by atoms with E-state index in [1.54, 1.807) is 6.92 Å². The van der Waals surface area contributed by atoms with Crippen molar-refractivity contribution in [2.24, 2.45) is 0 Å². The Kier molecular flexibility index (Phi) is 22.4. The number of hydrogen-bond donors (Lipinski definition) is 1. The molecular weight excluding hydrogens is 815 g/mol. The van der Waals surface area contributed by atoms with Crippen molar-refractivity contribution < 1.29 is 34.9 Å². The second-order valence-electron chi connectivity index (χ2n) is 15.5. The van der Waals surface area contributed by atoms with E-state index in [0.29, 0.717) is 0 Å². The zero-order valence-electron chi connectivity index (χ0n) is 40.0. The van der Waals surface area contributed by atoms with Gasteiger partial charge in [0.05, 0.1) is 54.0 Å². The van der Waals surface area contributed by atoms with E-state index < -0.39 is 0 Å². The van der Waals surface area contributed by atoms with Gasteiger partial charge in [-0.2, -0.15) is 0 Å². The quantitative estimate of drug-likeness (QED) is 0.175. The number of para-hydroxylation sites is 2. The number of hydrogen-bond acceptors (Lipinski definition) is 15. The summed E-state index contributed by atoms with van der Waals surface area (Å²) in [7, 11) is 9.87. The molecule has 15 nitrogen and oxygen atoms in total. The SMILES string of the molecule is CCO.COC(C)=O.Cc1nc(CN(C)c2cccc3cccnc23)cc(N2CCN(C)CC2)n1.Cc1nc(CN(C)c2cccc3cccnc23)cc(N2CCN(C)CC2)n1.[AlH3].[H-].[Li+]. The summed E-state index contributed by atoms with van der Waals surface area (Å²) in [5.41, 5.74) is 6.34. The molecule has 64 heavy (non-hydrogen) atoms. The van der Waals surface area contributed by atoms with E-state index in [2.05, 4.69) is 153 Å². The van der Waals surface area contributed by atoms with Gasteiger partial charge in [-0.15, -0.1) is 0 Å². The summed E-state index contributed by atoms with van der Waals surface area (Å²) in [5, 5.41) is 9.87. The topological polar surface area (TPSA) is 143 Å². The van der Waals surface area contributed by atoms with E-state index in [1.165, 1.54) is 14.0 Å². The number of aliphatic hydroxyl groups is 1. The molecule has 2 aliphatic rings. The van der Waals surface area contributed by atoms with E-state index in [4.69, 9.17) is 5.11 Å². The summed E-state index contributed by atoms with van der Waals surface area (Å²) in [6.45, 7) is 17.0. The van der Waals surface area contributed by atoms with Crippen molar-refractivity contribution >= 4 is 68.1 Å². The van der Waals surface area contributed by atoms with Gasteiger partial charge in [-0.1, -0.05) is 36.4 Å². The molecule has 0 atom stereocenters. The number of esters is 1. The van der Waals surface area contributed by atoms with Crippen LogP contribution in [-0.4, -0.2) is 162 Å². The van der Waals surface area contributed by atoms with Crippen molar-refractivity contribution in [1.82, 2.24) is 39.7 Å². The summed E-state index contributed by atoms with van der Waals surface area (Å²) in [6.07, 6.45) is 3.69. The predicted molar refractivity (Wildman–Crippen MR) is 262 cm³/mol. The Morgan fingerprint density at radius 2 is 1.02 bits per heavy atom. The Balaban J connectivity index is 0.000000369. The molecule has 0 radical (unpaired) electrons. The van der Waals surface area contributed by atoms with E-state index in [-0.39, 0.29) is 50.2 Å². The van der Waals surface area contributed by atoms with Gasteiger partial charge in [0.25, 0.3) is 0 Å². The largest absolute Gasteiger partial charge is 1.00 e. The third kappa shape index (κ3) is 15.7. The summed E-state index contributed by atoms with van der Waals surface area (Å²) in [4.78, 5) is 51.3. The van der Waals surface area contributed by atoms with Gasteiger partial charge >= 0.3 is 24.8 Å². The number of carbonyl (C=O) groups is 1. The van der Waals surface area contributed by atoms with Crippen LogP contribution in [0, 0.1) is 13.8 Å². The molecule has 17 heteroatoms. The number of aryl methyl sites for hydroxylation is 2. The van der Waals surface area contributed by atoms with Crippen LogP contribution < -0.4 is 38.5 Å². The summed E-state index contributed by atoms with van der Waals surface area (Å²) in [5.74, 6) is 3.48. The fourth-order valence-electron chi connectivity index (χ4n) is 7.23. The summed E-state index contributed by atoms with van der Waals surface area (Å²) < 4.78 is 4.11. The Morgan fingerprint density at radius 3 is 1.36 bits per heavy atom. The van der Waals surface area contributed by atoms with Crippen molar-refractivity contribution in [2.75, 3.05) is 114 Å². The second-order valence-corrected chi connectivity index (χ2v) is 15.5. The zero-order chi connectivity index (χ0) is 44.6. The number of rotatable bonds is 8. The predicted octanol–water partition coefficient (Wildman–Crippen LogP) is 1.55. The first-order valence-electron chi connectivity index (χ1n) is 21.2. The van der Waals surface area contributed by atoms with Crippen molar-refractivity contribution in [3.8, 4) is 0 Å². The molecule has 2 aromatic carbocycles. The number of methoxy groups -OCH3 is 1. The first kappa shape index (κ1) is 53.4. The average Bonchev–Trinajstić information content (AvgIpc) is 3.26. The first-order chi connectivity index (χ1) is 29.9. The van der Waals surface area contributed by atoms with Gasteiger partial charge in [-0.3, -0.25) is 14.8 Å². The maximum atomic E-state index is 9.59. The molecule has 0 unspecified atom stereocenters. The zero-order valence-corrected chi connectivity index (χ0v) is 39.0. The third-order valence-electron chi connectivity index (χ3n) is 10.5. The molecule has 0 saturated carbocycles. The van der Waals surface area contributed by atoms with E-state index in [0.717, 1.165) is 133 Å². The van der Waals surface area contributed by atoms with Crippen LogP contribution in [0.3, 0.4) is 0 Å². The molecule has 1 N–H and O–H groups in total.